The van der Waals surface area contributed by atoms with Crippen LogP contribution in [-0.4, -0.2) is 36.7 Å². The predicted molar refractivity (Wildman–Crippen MR) is 74.0 cm³/mol. The number of ether oxygens (including phenoxy) is 1. The third-order valence-corrected chi connectivity index (χ3v) is 4.53. The molecule has 5 atom stereocenters. The second-order valence-electron chi connectivity index (χ2n) is 6.15. The van der Waals surface area contributed by atoms with Gasteiger partial charge in [-0.05, 0) is 24.2 Å². The lowest BCUT2D eigenvalue weighted by molar-refractivity contribution is -0.148. The number of carbonyl (C=O) groups excluding carboxylic acids is 1. The molecule has 0 spiro atoms. The maximum absolute atomic E-state index is 12.5. The molecule has 1 fully saturated rings. The lowest BCUT2D eigenvalue weighted by Crippen LogP contribution is -2.47. The van der Waals surface area contributed by atoms with Gasteiger partial charge in [-0.15, -0.1) is 0 Å². The van der Waals surface area contributed by atoms with E-state index in [0.29, 0.717) is 6.61 Å². The van der Waals surface area contributed by atoms with Crippen molar-refractivity contribution in [2.45, 2.75) is 26.3 Å². The van der Waals surface area contributed by atoms with Gasteiger partial charge < -0.3 is 15.2 Å². The van der Waals surface area contributed by atoms with Gasteiger partial charge in [0.25, 0.3) is 0 Å². The molecule has 1 saturated carbocycles. The van der Waals surface area contributed by atoms with Gasteiger partial charge in [0, 0.05) is 7.11 Å². The molecule has 0 heterocycles. The van der Waals surface area contributed by atoms with Gasteiger partial charge in [-0.3, -0.25) is 9.59 Å². The second kappa shape index (κ2) is 5.95. The first-order valence-corrected chi connectivity index (χ1v) is 7.16. The number of hydrogen-bond acceptors (Lipinski definition) is 3. The van der Waals surface area contributed by atoms with Gasteiger partial charge in [-0.25, -0.2) is 0 Å². The van der Waals surface area contributed by atoms with E-state index in [-0.39, 0.29) is 29.7 Å². The van der Waals surface area contributed by atoms with Gasteiger partial charge in [0.15, 0.2) is 0 Å². The van der Waals surface area contributed by atoms with E-state index in [1.54, 1.807) is 7.11 Å². The van der Waals surface area contributed by atoms with Crippen LogP contribution in [0, 0.1) is 29.6 Å². The molecule has 2 aliphatic carbocycles. The Bertz CT molecular complexity index is 418. The number of allylic oxidation sites excluding steroid dienone is 2. The van der Waals surface area contributed by atoms with Gasteiger partial charge in [0.05, 0.1) is 24.5 Å². The number of carboxylic acids is 1. The molecule has 0 aromatic rings. The van der Waals surface area contributed by atoms with Gasteiger partial charge in [-0.1, -0.05) is 26.0 Å². The minimum atomic E-state index is -0.866. The molecule has 0 radical (unpaired) electrons. The maximum Gasteiger partial charge on any atom is 0.307 e. The highest BCUT2D eigenvalue weighted by molar-refractivity contribution is 5.87. The molecule has 5 heteroatoms. The van der Waals surface area contributed by atoms with Gasteiger partial charge in [0.2, 0.25) is 5.91 Å². The van der Waals surface area contributed by atoms with Crippen molar-refractivity contribution in [2.24, 2.45) is 29.6 Å². The van der Waals surface area contributed by atoms with Crippen molar-refractivity contribution in [3.8, 4) is 0 Å². The average Bonchev–Trinajstić information content (AvgIpc) is 2.97. The van der Waals surface area contributed by atoms with Gasteiger partial charge >= 0.3 is 5.97 Å². The number of hydrogen-bond donors (Lipinski definition) is 2. The third kappa shape index (κ3) is 2.73. The molecule has 2 bridgehead atoms. The average molecular weight is 281 g/mol. The minimum absolute atomic E-state index is 0.00757. The van der Waals surface area contributed by atoms with Crippen LogP contribution in [0.2, 0.25) is 0 Å². The van der Waals surface area contributed by atoms with Crippen molar-refractivity contribution < 1.29 is 19.4 Å². The van der Waals surface area contributed by atoms with Crippen LogP contribution in [0.3, 0.4) is 0 Å². The van der Waals surface area contributed by atoms with E-state index in [9.17, 15) is 14.7 Å². The lowest BCUT2D eigenvalue weighted by atomic mass is 9.82. The van der Waals surface area contributed by atoms with Crippen molar-refractivity contribution in [2.75, 3.05) is 13.7 Å². The molecule has 0 aliphatic heterocycles. The van der Waals surface area contributed by atoms with E-state index < -0.39 is 17.8 Å². The summed E-state index contributed by atoms with van der Waals surface area (Å²) in [5.74, 6) is -1.72. The molecule has 20 heavy (non-hydrogen) atoms. The normalized spacial score (nSPS) is 32.6. The largest absolute Gasteiger partial charge is 0.481 e. The highest BCUT2D eigenvalue weighted by Gasteiger charge is 2.51. The first-order chi connectivity index (χ1) is 9.45. The smallest absolute Gasteiger partial charge is 0.307 e. The molecular formula is C15H23NO4. The van der Waals surface area contributed by atoms with Crippen LogP contribution in [0.5, 0.6) is 0 Å². The molecular weight excluding hydrogens is 258 g/mol. The van der Waals surface area contributed by atoms with E-state index >= 15 is 0 Å². The molecule has 0 saturated heterocycles. The lowest BCUT2D eigenvalue weighted by Gasteiger charge is -2.28. The first kappa shape index (κ1) is 15.0. The Morgan fingerprint density at radius 2 is 1.90 bits per heavy atom. The summed E-state index contributed by atoms with van der Waals surface area (Å²) in [4.78, 5) is 23.9. The monoisotopic (exact) mass is 281 g/mol. The van der Waals surface area contributed by atoms with Crippen LogP contribution >= 0.6 is 0 Å². The maximum atomic E-state index is 12.5. The zero-order valence-electron chi connectivity index (χ0n) is 12.2. The Morgan fingerprint density at radius 1 is 1.30 bits per heavy atom. The second-order valence-corrected chi connectivity index (χ2v) is 6.15. The Balaban J connectivity index is 2.08. The molecule has 1 amide bonds. The highest BCUT2D eigenvalue weighted by atomic mass is 16.5. The summed E-state index contributed by atoms with van der Waals surface area (Å²) in [5, 5.41) is 12.3. The van der Waals surface area contributed by atoms with Gasteiger partial charge in [-0.2, -0.15) is 0 Å². The van der Waals surface area contributed by atoms with Crippen LogP contribution < -0.4 is 5.32 Å². The fourth-order valence-corrected chi connectivity index (χ4v) is 3.38. The summed E-state index contributed by atoms with van der Waals surface area (Å²) >= 11 is 0. The number of methoxy groups -OCH3 is 1. The number of rotatable bonds is 6. The topological polar surface area (TPSA) is 75.6 Å². The van der Waals surface area contributed by atoms with Crippen LogP contribution in [0.15, 0.2) is 12.2 Å². The van der Waals surface area contributed by atoms with Crippen molar-refractivity contribution in [3.05, 3.63) is 12.2 Å². The Hall–Kier alpha value is -1.36. The first-order valence-electron chi connectivity index (χ1n) is 7.16. The Kier molecular flexibility index (Phi) is 4.48. The molecule has 0 aromatic carbocycles. The van der Waals surface area contributed by atoms with Crippen LogP contribution in [-0.2, 0) is 14.3 Å². The SMILES string of the molecule is COCC(NC(=O)C1C2C=CC(C2)C1C(=O)O)C(C)C. The van der Waals surface area contributed by atoms with Crippen molar-refractivity contribution in [1.29, 1.82) is 0 Å². The number of aliphatic carboxylic acids is 1. The predicted octanol–water partition coefficient (Wildman–Crippen LogP) is 1.30. The summed E-state index contributed by atoms with van der Waals surface area (Å²) < 4.78 is 5.12. The fraction of sp³-hybridized carbons (Fsp3) is 0.733. The number of nitrogens with one attached hydrogen (secondary N) is 1. The fourth-order valence-electron chi connectivity index (χ4n) is 3.38. The zero-order valence-corrected chi connectivity index (χ0v) is 12.2. The summed E-state index contributed by atoms with van der Waals surface area (Å²) in [7, 11) is 1.60. The highest BCUT2D eigenvalue weighted by Crippen LogP contribution is 2.48. The van der Waals surface area contributed by atoms with E-state index in [4.69, 9.17) is 4.74 Å². The number of amides is 1. The molecule has 112 valence electrons. The van der Waals surface area contributed by atoms with E-state index in [1.807, 2.05) is 26.0 Å². The third-order valence-electron chi connectivity index (χ3n) is 4.53. The Morgan fingerprint density at radius 3 is 2.40 bits per heavy atom. The molecule has 5 unspecified atom stereocenters. The summed E-state index contributed by atoms with van der Waals surface area (Å²) in [6.07, 6.45) is 4.73. The summed E-state index contributed by atoms with van der Waals surface area (Å²) in [5.41, 5.74) is 0. The van der Waals surface area contributed by atoms with Crippen LogP contribution in [0.25, 0.3) is 0 Å². The Labute approximate surface area is 119 Å². The van der Waals surface area contributed by atoms with Crippen molar-refractivity contribution in [3.63, 3.8) is 0 Å². The molecule has 0 aromatic heterocycles. The number of carbonyl (C=O) groups is 2. The molecule has 5 nitrogen and oxygen atoms in total. The quantitative estimate of drug-likeness (QED) is 0.720. The molecule has 2 rings (SSSR count). The summed E-state index contributed by atoms with van der Waals surface area (Å²) in [6.45, 7) is 4.47. The standard InChI is InChI=1S/C15H23NO4/c1-8(2)11(7-20-3)16-14(17)12-9-4-5-10(6-9)13(12)15(18)19/h4-5,8-13H,6-7H2,1-3H3,(H,16,17)(H,18,19). The van der Waals surface area contributed by atoms with Gasteiger partial charge in [0.1, 0.15) is 0 Å². The molecule has 2 aliphatic rings. The van der Waals surface area contributed by atoms with E-state index in [1.165, 1.54) is 0 Å². The van der Waals surface area contributed by atoms with E-state index in [0.717, 1.165) is 6.42 Å². The minimum Gasteiger partial charge on any atom is -0.481 e. The van der Waals surface area contributed by atoms with Crippen LogP contribution in [0.4, 0.5) is 0 Å². The number of carboxylic acid groups (broad SMARTS) is 1. The summed E-state index contributed by atoms with van der Waals surface area (Å²) in [6, 6.07) is -0.0787. The molecule has 2 N–H and O–H groups in total. The van der Waals surface area contributed by atoms with Crippen molar-refractivity contribution >= 4 is 11.9 Å². The zero-order chi connectivity index (χ0) is 14.9. The van der Waals surface area contributed by atoms with E-state index in [2.05, 4.69) is 5.32 Å². The van der Waals surface area contributed by atoms with Crippen LogP contribution in [0.1, 0.15) is 20.3 Å². The van der Waals surface area contributed by atoms with Crippen molar-refractivity contribution in [1.82, 2.24) is 5.32 Å². The number of fused-ring (bicyclic) bond motifs is 2.